The molecular formula is C26H27F4N5O5. The van der Waals surface area contributed by atoms with Crippen LogP contribution in [0.5, 0.6) is 11.6 Å². The molecule has 1 amide bonds. The van der Waals surface area contributed by atoms with Crippen LogP contribution in [-0.4, -0.2) is 58.2 Å². The third-order valence-corrected chi connectivity index (χ3v) is 6.19. The third kappa shape index (κ3) is 6.38. The smallest absolute Gasteiger partial charge is 0.421 e. The molecule has 4 rings (SSSR count). The summed E-state index contributed by atoms with van der Waals surface area (Å²) in [4.78, 5) is 32.3. The Kier molecular flexibility index (Phi) is 8.67. The lowest BCUT2D eigenvalue weighted by Crippen LogP contribution is -2.44. The SMILES string of the molecule is COC(=O)c1cc(Oc2ncc(Cn3nccn3)cc2C(F)(F)F)c(F)cc1N(C(=O)C1CCCOC1)C(C)C. The topological polar surface area (TPSA) is 109 Å². The van der Waals surface area contributed by atoms with Crippen molar-refractivity contribution < 1.29 is 41.4 Å². The third-order valence-electron chi connectivity index (χ3n) is 6.19. The Morgan fingerprint density at radius 1 is 1.20 bits per heavy atom. The summed E-state index contributed by atoms with van der Waals surface area (Å²) in [6.07, 6.45) is 0.180. The molecule has 40 heavy (non-hydrogen) atoms. The number of rotatable bonds is 8. The van der Waals surface area contributed by atoms with Gasteiger partial charge in [0.05, 0.1) is 49.8 Å². The number of alkyl halides is 3. The zero-order chi connectivity index (χ0) is 29.0. The fourth-order valence-corrected chi connectivity index (χ4v) is 4.34. The van der Waals surface area contributed by atoms with E-state index in [9.17, 15) is 22.8 Å². The Balaban J connectivity index is 1.73. The van der Waals surface area contributed by atoms with Crippen molar-refractivity contribution >= 4 is 17.6 Å². The van der Waals surface area contributed by atoms with Crippen LogP contribution in [0, 0.1) is 11.7 Å². The van der Waals surface area contributed by atoms with Gasteiger partial charge in [-0.2, -0.15) is 28.2 Å². The molecule has 3 aromatic rings. The summed E-state index contributed by atoms with van der Waals surface area (Å²) in [6.45, 7) is 3.98. The van der Waals surface area contributed by atoms with Gasteiger partial charge in [-0.1, -0.05) is 0 Å². The fourth-order valence-electron chi connectivity index (χ4n) is 4.34. The molecule has 3 heterocycles. The van der Waals surface area contributed by atoms with Crippen LogP contribution in [0.3, 0.4) is 0 Å². The summed E-state index contributed by atoms with van der Waals surface area (Å²) in [5.74, 6) is -4.57. The number of aromatic nitrogens is 4. The molecule has 0 N–H and O–H groups in total. The first-order valence-electron chi connectivity index (χ1n) is 12.4. The molecule has 2 aromatic heterocycles. The molecule has 14 heteroatoms. The molecule has 1 aromatic carbocycles. The van der Waals surface area contributed by atoms with Crippen LogP contribution < -0.4 is 9.64 Å². The van der Waals surface area contributed by atoms with E-state index in [1.54, 1.807) is 13.8 Å². The lowest BCUT2D eigenvalue weighted by molar-refractivity contribution is -0.139. The van der Waals surface area contributed by atoms with Gasteiger partial charge >= 0.3 is 12.1 Å². The molecule has 1 fully saturated rings. The van der Waals surface area contributed by atoms with Gasteiger partial charge in [0.15, 0.2) is 11.6 Å². The number of hydrogen-bond acceptors (Lipinski definition) is 8. The predicted octanol–water partition coefficient (Wildman–Crippen LogP) is 4.63. The fraction of sp³-hybridized carbons (Fsp3) is 0.423. The van der Waals surface area contributed by atoms with Crippen LogP contribution in [0.15, 0.2) is 36.8 Å². The van der Waals surface area contributed by atoms with Crippen molar-refractivity contribution in [2.75, 3.05) is 25.2 Å². The van der Waals surface area contributed by atoms with Gasteiger partial charge in [-0.05, 0) is 38.3 Å². The van der Waals surface area contributed by atoms with Crippen LogP contribution in [0.2, 0.25) is 0 Å². The Morgan fingerprint density at radius 2 is 1.93 bits per heavy atom. The molecule has 1 saturated heterocycles. The minimum Gasteiger partial charge on any atom is -0.465 e. The summed E-state index contributed by atoms with van der Waals surface area (Å²) >= 11 is 0. The second kappa shape index (κ2) is 12.0. The number of carbonyl (C=O) groups excluding carboxylic acids is 2. The van der Waals surface area contributed by atoms with Gasteiger partial charge < -0.3 is 19.1 Å². The number of ether oxygens (including phenoxy) is 3. The lowest BCUT2D eigenvalue weighted by atomic mass is 9.98. The van der Waals surface area contributed by atoms with Crippen molar-refractivity contribution in [3.63, 3.8) is 0 Å². The number of pyridine rings is 1. The molecule has 214 valence electrons. The van der Waals surface area contributed by atoms with Crippen molar-refractivity contribution in [2.45, 2.75) is 45.5 Å². The summed E-state index contributed by atoms with van der Waals surface area (Å²) in [6, 6.07) is 2.07. The quantitative estimate of drug-likeness (QED) is 0.288. The molecule has 1 aliphatic rings. The average Bonchev–Trinajstić information content (AvgIpc) is 3.43. The van der Waals surface area contributed by atoms with E-state index in [1.807, 2.05) is 0 Å². The number of methoxy groups -OCH3 is 1. The monoisotopic (exact) mass is 565 g/mol. The predicted molar refractivity (Wildman–Crippen MR) is 132 cm³/mol. The minimum atomic E-state index is -4.90. The van der Waals surface area contributed by atoms with Gasteiger partial charge in [-0.3, -0.25) is 4.79 Å². The van der Waals surface area contributed by atoms with E-state index in [2.05, 4.69) is 15.2 Å². The minimum absolute atomic E-state index is 0.0932. The molecule has 1 atom stereocenters. The van der Waals surface area contributed by atoms with Crippen molar-refractivity contribution in [1.82, 2.24) is 20.0 Å². The summed E-state index contributed by atoms with van der Waals surface area (Å²) in [7, 11) is 1.09. The van der Waals surface area contributed by atoms with E-state index in [4.69, 9.17) is 14.2 Å². The number of nitrogens with zero attached hydrogens (tertiary/aromatic N) is 5. The molecule has 0 spiro atoms. The van der Waals surface area contributed by atoms with Crippen LogP contribution >= 0.6 is 0 Å². The molecule has 0 aliphatic carbocycles. The Morgan fingerprint density at radius 3 is 2.52 bits per heavy atom. The van der Waals surface area contributed by atoms with E-state index in [1.165, 1.54) is 22.1 Å². The lowest BCUT2D eigenvalue weighted by Gasteiger charge is -2.33. The summed E-state index contributed by atoms with van der Waals surface area (Å²) < 4.78 is 72.7. The number of amides is 1. The Hall–Kier alpha value is -4.07. The van der Waals surface area contributed by atoms with Gasteiger partial charge in [0.25, 0.3) is 0 Å². The number of halogens is 4. The average molecular weight is 566 g/mol. The first-order chi connectivity index (χ1) is 19.0. The first-order valence-corrected chi connectivity index (χ1v) is 12.4. The Labute approximate surface area is 226 Å². The second-order valence-electron chi connectivity index (χ2n) is 9.36. The van der Waals surface area contributed by atoms with Crippen LogP contribution in [0.1, 0.15) is 48.2 Å². The highest BCUT2D eigenvalue weighted by Crippen LogP contribution is 2.40. The largest absolute Gasteiger partial charge is 0.465 e. The highest BCUT2D eigenvalue weighted by atomic mass is 19.4. The first kappa shape index (κ1) is 28.9. The van der Waals surface area contributed by atoms with Gasteiger partial charge in [0.1, 0.15) is 5.56 Å². The zero-order valence-corrected chi connectivity index (χ0v) is 21.9. The van der Waals surface area contributed by atoms with Gasteiger partial charge in [0, 0.05) is 31.0 Å². The van der Waals surface area contributed by atoms with E-state index in [-0.39, 0.29) is 35.9 Å². The van der Waals surface area contributed by atoms with E-state index in [0.717, 1.165) is 31.5 Å². The van der Waals surface area contributed by atoms with Crippen LogP contribution in [0.4, 0.5) is 23.2 Å². The number of carbonyl (C=O) groups is 2. The zero-order valence-electron chi connectivity index (χ0n) is 21.9. The molecule has 1 aliphatic heterocycles. The van der Waals surface area contributed by atoms with Crippen molar-refractivity contribution in [3.05, 3.63) is 59.3 Å². The van der Waals surface area contributed by atoms with E-state index in [0.29, 0.717) is 19.4 Å². The Bertz CT molecular complexity index is 1360. The van der Waals surface area contributed by atoms with Crippen LogP contribution in [-0.2, 0) is 27.0 Å². The van der Waals surface area contributed by atoms with Gasteiger partial charge in [-0.15, -0.1) is 0 Å². The van der Waals surface area contributed by atoms with E-state index >= 15 is 4.39 Å². The van der Waals surface area contributed by atoms with Gasteiger partial charge in [0.2, 0.25) is 11.8 Å². The normalized spacial score (nSPS) is 15.7. The standard InChI is InChI=1S/C26H27F4N5O5/c1-15(2)35(24(36)17-5-4-8-39-14-17)21-11-20(27)22(10-18(21)25(37)38-3)40-23-19(26(28,29)30)9-16(12-31-23)13-34-32-6-7-33-34/h6-7,9-12,15,17H,4-5,8,13-14H2,1-3H3. The summed E-state index contributed by atoms with van der Waals surface area (Å²) in [5.41, 5.74) is -1.52. The molecule has 0 saturated carbocycles. The van der Waals surface area contributed by atoms with Gasteiger partial charge in [-0.25, -0.2) is 14.2 Å². The maximum Gasteiger partial charge on any atom is 0.421 e. The molecule has 1 unspecified atom stereocenters. The number of esters is 1. The molecular weight excluding hydrogens is 538 g/mol. The summed E-state index contributed by atoms with van der Waals surface area (Å²) in [5, 5.41) is 7.71. The van der Waals surface area contributed by atoms with Crippen molar-refractivity contribution in [2.24, 2.45) is 5.92 Å². The highest BCUT2D eigenvalue weighted by molar-refractivity contribution is 6.04. The maximum absolute atomic E-state index is 15.4. The van der Waals surface area contributed by atoms with E-state index < -0.39 is 47.1 Å². The van der Waals surface area contributed by atoms with Crippen molar-refractivity contribution in [3.8, 4) is 11.6 Å². The second-order valence-corrected chi connectivity index (χ2v) is 9.36. The van der Waals surface area contributed by atoms with Crippen molar-refractivity contribution in [1.29, 1.82) is 0 Å². The highest BCUT2D eigenvalue weighted by Gasteiger charge is 2.37. The maximum atomic E-state index is 15.4. The molecule has 0 radical (unpaired) electrons. The molecule has 0 bridgehead atoms. The number of anilines is 1. The molecule has 10 nitrogen and oxygen atoms in total. The van der Waals surface area contributed by atoms with Crippen LogP contribution in [0.25, 0.3) is 0 Å². The number of hydrogen-bond donors (Lipinski definition) is 0. The number of benzene rings is 1.